The van der Waals surface area contributed by atoms with E-state index in [2.05, 4.69) is 5.10 Å². The number of carbonyl (C=O) groups is 4. The van der Waals surface area contributed by atoms with Crippen molar-refractivity contribution in [2.45, 2.75) is 26.3 Å². The Labute approximate surface area is 161 Å². The lowest BCUT2D eigenvalue weighted by Gasteiger charge is -2.21. The second-order valence-corrected chi connectivity index (χ2v) is 6.45. The summed E-state index contributed by atoms with van der Waals surface area (Å²) in [6.07, 6.45) is 0.145. The van der Waals surface area contributed by atoms with Crippen LogP contribution in [0.3, 0.4) is 0 Å². The molecule has 0 aromatic heterocycles. The maximum absolute atomic E-state index is 13.0. The molecule has 1 aromatic rings. The number of Topliss-reactive ketones (excluding diaryl/α,β-unsaturated/α-hetero) is 1. The molecule has 1 saturated heterocycles. The van der Waals surface area contributed by atoms with Crippen molar-refractivity contribution in [2.24, 2.45) is 11.0 Å². The molecule has 2 aliphatic heterocycles. The number of hydrogen-bond donors (Lipinski definition) is 0. The van der Waals surface area contributed by atoms with E-state index < -0.39 is 29.7 Å². The SMILES string of the molecule is CCOc1ccc(N2C(=O)[C@H]3C(C(=O)OC)=NN(CCC(C)=O)[C@H]3C2=O)cc1. The van der Waals surface area contributed by atoms with Crippen molar-refractivity contribution in [1.29, 1.82) is 0 Å². The van der Waals surface area contributed by atoms with Crippen molar-refractivity contribution in [1.82, 2.24) is 5.01 Å². The minimum atomic E-state index is -1.06. The summed E-state index contributed by atoms with van der Waals surface area (Å²) in [5.41, 5.74) is 0.256. The molecular formula is C19H21N3O6. The predicted molar refractivity (Wildman–Crippen MR) is 98.8 cm³/mol. The molecule has 148 valence electrons. The van der Waals surface area contributed by atoms with Gasteiger partial charge in [0, 0.05) is 13.0 Å². The minimum absolute atomic E-state index is 0.0848. The van der Waals surface area contributed by atoms with Gasteiger partial charge in [-0.3, -0.25) is 19.4 Å². The van der Waals surface area contributed by atoms with Crippen LogP contribution in [0.2, 0.25) is 0 Å². The first-order chi connectivity index (χ1) is 13.4. The lowest BCUT2D eigenvalue weighted by atomic mass is 9.98. The van der Waals surface area contributed by atoms with E-state index in [1.54, 1.807) is 24.3 Å². The quantitative estimate of drug-likeness (QED) is 0.502. The summed E-state index contributed by atoms with van der Waals surface area (Å²) in [5.74, 6) is -2.34. The molecular weight excluding hydrogens is 366 g/mol. The molecule has 2 atom stereocenters. The highest BCUT2D eigenvalue weighted by Crippen LogP contribution is 2.36. The monoisotopic (exact) mass is 387 g/mol. The highest BCUT2D eigenvalue weighted by Gasteiger charge is 2.58. The molecule has 0 unspecified atom stereocenters. The molecule has 9 nitrogen and oxygen atoms in total. The number of ketones is 1. The summed E-state index contributed by atoms with van der Waals surface area (Å²) in [5, 5.41) is 5.46. The number of hydrogen-bond acceptors (Lipinski definition) is 8. The Balaban J connectivity index is 1.93. The Morgan fingerprint density at radius 3 is 2.39 bits per heavy atom. The van der Waals surface area contributed by atoms with Gasteiger partial charge in [0.1, 0.15) is 23.5 Å². The van der Waals surface area contributed by atoms with Gasteiger partial charge in [-0.15, -0.1) is 0 Å². The maximum atomic E-state index is 13.0. The molecule has 0 aliphatic carbocycles. The third-order valence-electron chi connectivity index (χ3n) is 4.62. The summed E-state index contributed by atoms with van der Waals surface area (Å²) in [4.78, 5) is 50.5. The fourth-order valence-corrected chi connectivity index (χ4v) is 3.33. The number of amides is 2. The number of nitrogens with zero attached hydrogens (tertiary/aromatic N) is 3. The van der Waals surface area contributed by atoms with Gasteiger partial charge in [-0.05, 0) is 38.1 Å². The number of fused-ring (bicyclic) bond motifs is 1. The van der Waals surface area contributed by atoms with Gasteiger partial charge in [0.15, 0.2) is 5.71 Å². The largest absolute Gasteiger partial charge is 0.494 e. The van der Waals surface area contributed by atoms with E-state index in [4.69, 9.17) is 9.47 Å². The number of hydrazone groups is 1. The van der Waals surface area contributed by atoms with Crippen LogP contribution in [0.4, 0.5) is 5.69 Å². The van der Waals surface area contributed by atoms with Crippen LogP contribution in [0.1, 0.15) is 20.3 Å². The fourth-order valence-electron chi connectivity index (χ4n) is 3.33. The van der Waals surface area contributed by atoms with Crippen LogP contribution < -0.4 is 9.64 Å². The molecule has 2 amide bonds. The molecule has 0 N–H and O–H groups in total. The zero-order valence-electron chi connectivity index (χ0n) is 15.9. The zero-order valence-corrected chi connectivity index (χ0v) is 15.9. The van der Waals surface area contributed by atoms with Crippen LogP contribution in [0.5, 0.6) is 5.75 Å². The van der Waals surface area contributed by atoms with E-state index in [1.165, 1.54) is 19.0 Å². The van der Waals surface area contributed by atoms with Gasteiger partial charge in [0.2, 0.25) is 5.91 Å². The van der Waals surface area contributed by atoms with Gasteiger partial charge in [-0.25, -0.2) is 9.69 Å². The van der Waals surface area contributed by atoms with Crippen LogP contribution in [0, 0.1) is 5.92 Å². The molecule has 3 rings (SSSR count). The van der Waals surface area contributed by atoms with Crippen LogP contribution in [-0.2, 0) is 23.9 Å². The number of ether oxygens (including phenoxy) is 2. The molecule has 0 bridgehead atoms. The number of esters is 1. The highest BCUT2D eigenvalue weighted by atomic mass is 16.5. The van der Waals surface area contributed by atoms with E-state index in [0.717, 1.165) is 4.90 Å². The third kappa shape index (κ3) is 3.35. The molecule has 2 aliphatic rings. The van der Waals surface area contributed by atoms with E-state index in [9.17, 15) is 19.2 Å². The standard InChI is InChI=1S/C19H21N3O6/c1-4-28-13-7-5-12(6-8-13)22-17(24)14-15(19(26)27-3)20-21(10-9-11(2)23)16(14)18(22)25/h5-8,14,16H,4,9-10H2,1-3H3/t14-,16+/m0/s1. The van der Waals surface area contributed by atoms with E-state index in [-0.39, 0.29) is 24.5 Å². The van der Waals surface area contributed by atoms with Crippen LogP contribution in [0.15, 0.2) is 29.4 Å². The normalized spacial score (nSPS) is 20.9. The number of imide groups is 1. The second kappa shape index (κ2) is 7.79. The minimum Gasteiger partial charge on any atom is -0.494 e. The van der Waals surface area contributed by atoms with Gasteiger partial charge in [-0.2, -0.15) is 5.10 Å². The lowest BCUT2D eigenvalue weighted by Crippen LogP contribution is -2.39. The first kappa shape index (κ1) is 19.5. The Hall–Kier alpha value is -3.23. The molecule has 0 radical (unpaired) electrons. The summed E-state index contributed by atoms with van der Waals surface area (Å²) in [6.45, 7) is 3.90. The Morgan fingerprint density at radius 2 is 1.82 bits per heavy atom. The maximum Gasteiger partial charge on any atom is 0.355 e. The molecule has 28 heavy (non-hydrogen) atoms. The average Bonchev–Trinajstić information content (AvgIpc) is 3.17. The number of rotatable bonds is 7. The first-order valence-corrected chi connectivity index (χ1v) is 8.92. The topological polar surface area (TPSA) is 106 Å². The molecule has 9 heteroatoms. The van der Waals surface area contributed by atoms with Crippen LogP contribution >= 0.6 is 0 Å². The molecule has 1 fully saturated rings. The van der Waals surface area contributed by atoms with Crippen molar-refractivity contribution in [3.05, 3.63) is 24.3 Å². The zero-order chi connectivity index (χ0) is 20.4. The Bertz CT molecular complexity index is 848. The fraction of sp³-hybridized carbons (Fsp3) is 0.421. The Kier molecular flexibility index (Phi) is 5.43. The van der Waals surface area contributed by atoms with E-state index in [0.29, 0.717) is 18.0 Å². The van der Waals surface area contributed by atoms with Gasteiger partial charge >= 0.3 is 5.97 Å². The summed E-state index contributed by atoms with van der Waals surface area (Å²) in [7, 11) is 1.18. The molecule has 1 aromatic carbocycles. The summed E-state index contributed by atoms with van der Waals surface area (Å²) >= 11 is 0. The van der Waals surface area contributed by atoms with Gasteiger partial charge in [0.25, 0.3) is 5.91 Å². The first-order valence-electron chi connectivity index (χ1n) is 8.92. The summed E-state index contributed by atoms with van der Waals surface area (Å²) < 4.78 is 10.1. The number of methoxy groups -OCH3 is 1. The summed E-state index contributed by atoms with van der Waals surface area (Å²) in [6, 6.07) is 5.58. The third-order valence-corrected chi connectivity index (χ3v) is 4.62. The van der Waals surface area contributed by atoms with Crippen molar-refractivity contribution in [2.75, 3.05) is 25.2 Å². The van der Waals surface area contributed by atoms with Crippen molar-refractivity contribution >= 4 is 35.0 Å². The lowest BCUT2D eigenvalue weighted by molar-refractivity contribution is -0.133. The highest BCUT2D eigenvalue weighted by molar-refractivity contribution is 6.46. The molecule has 0 saturated carbocycles. The van der Waals surface area contributed by atoms with Gasteiger partial charge < -0.3 is 9.47 Å². The molecule has 0 spiro atoms. The predicted octanol–water partition coefficient (Wildman–Crippen LogP) is 0.767. The number of benzene rings is 1. The van der Waals surface area contributed by atoms with Crippen molar-refractivity contribution in [3.8, 4) is 5.75 Å². The number of anilines is 1. The van der Waals surface area contributed by atoms with Crippen molar-refractivity contribution in [3.63, 3.8) is 0 Å². The van der Waals surface area contributed by atoms with Crippen molar-refractivity contribution < 1.29 is 28.7 Å². The van der Waals surface area contributed by atoms with Crippen LogP contribution in [-0.4, -0.2) is 60.6 Å². The van der Waals surface area contributed by atoms with Gasteiger partial charge in [-0.1, -0.05) is 0 Å². The van der Waals surface area contributed by atoms with Gasteiger partial charge in [0.05, 0.1) is 19.4 Å². The van der Waals surface area contributed by atoms with Crippen LogP contribution in [0.25, 0.3) is 0 Å². The van der Waals surface area contributed by atoms with E-state index >= 15 is 0 Å². The second-order valence-electron chi connectivity index (χ2n) is 6.45. The average molecular weight is 387 g/mol. The Morgan fingerprint density at radius 1 is 1.14 bits per heavy atom. The van der Waals surface area contributed by atoms with E-state index in [1.807, 2.05) is 6.92 Å². The smallest absolute Gasteiger partial charge is 0.355 e. The number of carbonyl (C=O) groups excluding carboxylic acids is 4. The molecule has 2 heterocycles.